The summed E-state index contributed by atoms with van der Waals surface area (Å²) in [4.78, 5) is 7.00. The first kappa shape index (κ1) is 14.6. The molecule has 3 heterocycles. The summed E-state index contributed by atoms with van der Waals surface area (Å²) in [5.41, 5.74) is 15.3. The Morgan fingerprint density at radius 3 is 2.25 bits per heavy atom. The molecule has 4 aromatic rings. The highest BCUT2D eigenvalue weighted by atomic mass is 15.2. The number of anilines is 3. The lowest BCUT2D eigenvalue weighted by Crippen LogP contribution is -2.25. The molecule has 28 heavy (non-hydrogen) atoms. The average Bonchev–Trinajstić information content (AvgIpc) is 3.12. The Hall–Kier alpha value is -3.39. The van der Waals surface area contributed by atoms with E-state index in [0.29, 0.717) is 0 Å². The SMILES string of the molecule is c1ccc2c(c1)Cc1ccc3c(c1-2)N1c2cnccc2Cc2cccc(c21)C3. The minimum atomic E-state index is 0.985. The fourth-order valence-electron chi connectivity index (χ4n) is 5.39. The molecule has 132 valence electrons. The van der Waals surface area contributed by atoms with Crippen molar-refractivity contribution in [1.82, 2.24) is 4.98 Å². The molecule has 0 fully saturated rings. The number of hydrogen-bond acceptors (Lipinski definition) is 2. The van der Waals surface area contributed by atoms with E-state index in [-0.39, 0.29) is 0 Å². The number of para-hydroxylation sites is 1. The molecule has 2 nitrogen and oxygen atoms in total. The largest absolute Gasteiger partial charge is 0.307 e. The van der Waals surface area contributed by atoms with Crippen molar-refractivity contribution in [2.24, 2.45) is 0 Å². The van der Waals surface area contributed by atoms with E-state index in [2.05, 4.69) is 70.5 Å². The summed E-state index contributed by atoms with van der Waals surface area (Å²) < 4.78 is 0. The van der Waals surface area contributed by atoms with Crippen molar-refractivity contribution in [3.8, 4) is 11.1 Å². The van der Waals surface area contributed by atoms with Gasteiger partial charge in [0.05, 0.1) is 23.3 Å². The van der Waals surface area contributed by atoms with Gasteiger partial charge in [0, 0.05) is 24.6 Å². The summed E-state index contributed by atoms with van der Waals surface area (Å²) in [5, 5.41) is 0. The van der Waals surface area contributed by atoms with E-state index in [4.69, 9.17) is 0 Å². The van der Waals surface area contributed by atoms with Crippen LogP contribution in [0.3, 0.4) is 0 Å². The van der Waals surface area contributed by atoms with E-state index in [1.165, 1.54) is 61.6 Å². The van der Waals surface area contributed by atoms with E-state index in [9.17, 15) is 0 Å². The van der Waals surface area contributed by atoms with Crippen molar-refractivity contribution in [3.05, 3.63) is 106 Å². The average molecular weight is 358 g/mol. The molecule has 0 atom stereocenters. The maximum absolute atomic E-state index is 4.49. The molecule has 1 aliphatic carbocycles. The summed E-state index contributed by atoms with van der Waals surface area (Å²) in [6.45, 7) is 0. The maximum atomic E-state index is 4.49. The van der Waals surface area contributed by atoms with Crippen LogP contribution in [-0.4, -0.2) is 4.98 Å². The minimum Gasteiger partial charge on any atom is -0.307 e. The summed E-state index contributed by atoms with van der Waals surface area (Å²) >= 11 is 0. The first-order chi connectivity index (χ1) is 13.9. The highest BCUT2D eigenvalue weighted by Gasteiger charge is 2.35. The molecule has 3 aliphatic rings. The van der Waals surface area contributed by atoms with Crippen molar-refractivity contribution in [3.63, 3.8) is 0 Å². The Kier molecular flexibility index (Phi) is 2.67. The third-order valence-electron chi connectivity index (χ3n) is 6.56. The van der Waals surface area contributed by atoms with Crippen LogP contribution in [0.1, 0.15) is 33.4 Å². The maximum Gasteiger partial charge on any atom is 0.0680 e. The van der Waals surface area contributed by atoms with Crippen molar-refractivity contribution in [1.29, 1.82) is 0 Å². The van der Waals surface area contributed by atoms with Gasteiger partial charge < -0.3 is 4.90 Å². The molecular formula is C26H18N2. The predicted octanol–water partition coefficient (Wildman–Crippen LogP) is 5.93. The van der Waals surface area contributed by atoms with E-state index in [0.717, 1.165) is 19.3 Å². The lowest BCUT2D eigenvalue weighted by atomic mass is 9.84. The van der Waals surface area contributed by atoms with Gasteiger partial charge in [-0.05, 0) is 51.4 Å². The van der Waals surface area contributed by atoms with Crippen LogP contribution >= 0.6 is 0 Å². The third kappa shape index (κ3) is 1.75. The van der Waals surface area contributed by atoms with Crippen molar-refractivity contribution in [2.45, 2.75) is 19.3 Å². The molecular weight excluding hydrogens is 340 g/mol. The monoisotopic (exact) mass is 358 g/mol. The third-order valence-corrected chi connectivity index (χ3v) is 6.56. The van der Waals surface area contributed by atoms with Gasteiger partial charge in [0.25, 0.3) is 0 Å². The first-order valence-electron chi connectivity index (χ1n) is 9.95. The Balaban J connectivity index is 1.60. The van der Waals surface area contributed by atoms with Crippen molar-refractivity contribution < 1.29 is 0 Å². The number of benzene rings is 3. The zero-order valence-corrected chi connectivity index (χ0v) is 15.4. The first-order valence-corrected chi connectivity index (χ1v) is 9.95. The molecule has 2 heteroatoms. The van der Waals surface area contributed by atoms with Gasteiger partial charge in [0.1, 0.15) is 0 Å². The topological polar surface area (TPSA) is 16.1 Å². The zero-order chi connectivity index (χ0) is 18.2. The van der Waals surface area contributed by atoms with E-state index < -0.39 is 0 Å². The number of rotatable bonds is 0. The number of nitrogens with zero attached hydrogens (tertiary/aromatic N) is 2. The molecule has 3 aromatic carbocycles. The van der Waals surface area contributed by atoms with Crippen LogP contribution in [0.2, 0.25) is 0 Å². The quantitative estimate of drug-likeness (QED) is 0.334. The van der Waals surface area contributed by atoms with E-state index in [1.54, 1.807) is 0 Å². The van der Waals surface area contributed by atoms with Crippen LogP contribution in [0, 0.1) is 0 Å². The van der Waals surface area contributed by atoms with Crippen LogP contribution in [0.5, 0.6) is 0 Å². The molecule has 0 saturated carbocycles. The second-order valence-corrected chi connectivity index (χ2v) is 8.06. The molecule has 0 spiro atoms. The fraction of sp³-hybridized carbons (Fsp3) is 0.115. The highest BCUT2D eigenvalue weighted by molar-refractivity contribution is 5.99. The fourth-order valence-corrected chi connectivity index (χ4v) is 5.39. The Morgan fingerprint density at radius 2 is 1.32 bits per heavy atom. The summed E-state index contributed by atoms with van der Waals surface area (Å²) in [5.74, 6) is 0. The second kappa shape index (κ2) is 5.11. The Labute approximate surface area is 164 Å². The molecule has 1 aromatic heterocycles. The lowest BCUT2D eigenvalue weighted by Gasteiger charge is -2.40. The normalized spacial score (nSPS) is 14.6. The summed E-state index contributed by atoms with van der Waals surface area (Å²) in [6, 6.07) is 22.5. The van der Waals surface area contributed by atoms with Crippen LogP contribution in [0.25, 0.3) is 11.1 Å². The summed E-state index contributed by atoms with van der Waals surface area (Å²) in [6.07, 6.45) is 6.98. The summed E-state index contributed by atoms with van der Waals surface area (Å²) in [7, 11) is 0. The van der Waals surface area contributed by atoms with Crippen LogP contribution in [0.4, 0.5) is 17.1 Å². The van der Waals surface area contributed by atoms with Gasteiger partial charge in [0.2, 0.25) is 0 Å². The second-order valence-electron chi connectivity index (χ2n) is 8.06. The highest BCUT2D eigenvalue weighted by Crippen LogP contribution is 2.55. The van der Waals surface area contributed by atoms with Crippen LogP contribution in [-0.2, 0) is 19.3 Å². The molecule has 0 unspecified atom stereocenters. The molecule has 0 saturated heterocycles. The van der Waals surface area contributed by atoms with Gasteiger partial charge in [-0.1, -0.05) is 54.6 Å². The zero-order valence-electron chi connectivity index (χ0n) is 15.4. The molecule has 0 bridgehead atoms. The smallest absolute Gasteiger partial charge is 0.0680 e. The van der Waals surface area contributed by atoms with Gasteiger partial charge in [-0.15, -0.1) is 0 Å². The number of pyridine rings is 1. The number of hydrogen-bond donors (Lipinski definition) is 0. The van der Waals surface area contributed by atoms with Crippen LogP contribution in [0.15, 0.2) is 73.1 Å². The molecule has 7 rings (SSSR count). The Bertz CT molecular complexity index is 1290. The lowest BCUT2D eigenvalue weighted by molar-refractivity contribution is 1.00. The predicted molar refractivity (Wildman–Crippen MR) is 113 cm³/mol. The number of aromatic nitrogens is 1. The van der Waals surface area contributed by atoms with Gasteiger partial charge in [-0.2, -0.15) is 0 Å². The van der Waals surface area contributed by atoms with E-state index in [1.807, 2.05) is 12.4 Å². The number of fused-ring (bicyclic) bond motifs is 8. The van der Waals surface area contributed by atoms with Crippen molar-refractivity contribution >= 4 is 17.1 Å². The van der Waals surface area contributed by atoms with Gasteiger partial charge in [-0.3, -0.25) is 4.98 Å². The minimum absolute atomic E-state index is 0.985. The van der Waals surface area contributed by atoms with Crippen LogP contribution < -0.4 is 4.90 Å². The molecule has 0 radical (unpaired) electrons. The van der Waals surface area contributed by atoms with Gasteiger partial charge in [-0.25, -0.2) is 0 Å². The molecule has 0 amide bonds. The van der Waals surface area contributed by atoms with Gasteiger partial charge in [0.15, 0.2) is 0 Å². The Morgan fingerprint density at radius 1 is 0.607 bits per heavy atom. The van der Waals surface area contributed by atoms with Crippen molar-refractivity contribution in [2.75, 3.05) is 4.90 Å². The standard InChI is InChI=1S/C26H18N2/c1-2-7-22-16(4-1)12-18-8-9-21-14-20-6-3-5-19-13-17-10-11-27-15-23(17)28(25(19)20)26(21)24(18)22/h1-11,15H,12-14H2. The molecule has 0 N–H and O–H groups in total. The van der Waals surface area contributed by atoms with Gasteiger partial charge >= 0.3 is 0 Å². The van der Waals surface area contributed by atoms with E-state index >= 15 is 0 Å². The molecule has 2 aliphatic heterocycles.